The molecule has 1 fully saturated rings. The van der Waals surface area contributed by atoms with Crippen LogP contribution in [0.15, 0.2) is 47.5 Å². The number of benzene rings is 2. The lowest BCUT2D eigenvalue weighted by Crippen LogP contribution is -2.28. The van der Waals surface area contributed by atoms with Crippen molar-refractivity contribution in [1.82, 2.24) is 9.88 Å². The molecule has 5 heteroatoms. The van der Waals surface area contributed by atoms with Crippen LogP contribution in [0.2, 0.25) is 0 Å². The van der Waals surface area contributed by atoms with Crippen molar-refractivity contribution in [1.29, 1.82) is 0 Å². The van der Waals surface area contributed by atoms with E-state index in [2.05, 4.69) is 27.0 Å². The van der Waals surface area contributed by atoms with Crippen LogP contribution in [0.4, 0.5) is 10.1 Å². The first-order valence-corrected chi connectivity index (χ1v) is 9.05. The van der Waals surface area contributed by atoms with Gasteiger partial charge in [-0.3, -0.25) is 9.89 Å². The first kappa shape index (κ1) is 16.8. The lowest BCUT2D eigenvalue weighted by atomic mass is 10.1. The molecular formula is C21H22FN3O. The van der Waals surface area contributed by atoms with Gasteiger partial charge in [-0.1, -0.05) is 24.6 Å². The van der Waals surface area contributed by atoms with Crippen molar-refractivity contribution in [3.8, 4) is 5.88 Å². The smallest absolute Gasteiger partial charge is 0.198 e. The highest BCUT2D eigenvalue weighted by atomic mass is 19.1. The molecule has 0 aliphatic carbocycles. The maximum absolute atomic E-state index is 14.1. The minimum absolute atomic E-state index is 0.0735. The Bertz CT molecular complexity index is 924. The molecule has 2 heterocycles. The van der Waals surface area contributed by atoms with E-state index in [4.69, 9.17) is 0 Å². The second-order valence-electron chi connectivity index (χ2n) is 6.81. The number of aromatic nitrogens is 1. The maximum Gasteiger partial charge on any atom is 0.198 e. The monoisotopic (exact) mass is 351 g/mol. The molecule has 3 aromatic rings. The van der Waals surface area contributed by atoms with Crippen molar-refractivity contribution in [2.24, 2.45) is 4.99 Å². The van der Waals surface area contributed by atoms with Crippen LogP contribution in [0.5, 0.6) is 5.88 Å². The van der Waals surface area contributed by atoms with Crippen molar-refractivity contribution in [2.45, 2.75) is 25.8 Å². The van der Waals surface area contributed by atoms with Gasteiger partial charge < -0.3 is 10.1 Å². The van der Waals surface area contributed by atoms with Crippen molar-refractivity contribution < 1.29 is 9.50 Å². The molecule has 2 aromatic carbocycles. The molecule has 4 nitrogen and oxygen atoms in total. The van der Waals surface area contributed by atoms with Crippen molar-refractivity contribution in [3.63, 3.8) is 0 Å². The van der Waals surface area contributed by atoms with Crippen LogP contribution in [-0.4, -0.2) is 34.3 Å². The van der Waals surface area contributed by atoms with Gasteiger partial charge in [0.2, 0.25) is 0 Å². The Labute approximate surface area is 152 Å². The van der Waals surface area contributed by atoms with Gasteiger partial charge in [-0.2, -0.15) is 0 Å². The summed E-state index contributed by atoms with van der Waals surface area (Å²) in [4.78, 5) is 9.66. The summed E-state index contributed by atoms with van der Waals surface area (Å²) >= 11 is 0. The number of likely N-dealkylation sites (tertiary alicyclic amines) is 1. The number of piperidine rings is 1. The van der Waals surface area contributed by atoms with Gasteiger partial charge in [-0.25, -0.2) is 4.39 Å². The van der Waals surface area contributed by atoms with Gasteiger partial charge in [-0.15, -0.1) is 0 Å². The molecule has 0 unspecified atom stereocenters. The van der Waals surface area contributed by atoms with Crippen molar-refractivity contribution in [3.05, 3.63) is 59.4 Å². The zero-order valence-electron chi connectivity index (χ0n) is 14.6. The Kier molecular flexibility index (Phi) is 4.71. The fourth-order valence-electron chi connectivity index (χ4n) is 3.54. The Morgan fingerprint density at radius 3 is 2.62 bits per heavy atom. The molecule has 1 aromatic heterocycles. The predicted octanol–water partition coefficient (Wildman–Crippen LogP) is 4.75. The first-order valence-electron chi connectivity index (χ1n) is 9.05. The summed E-state index contributed by atoms with van der Waals surface area (Å²) in [5.41, 5.74) is 2.97. The highest BCUT2D eigenvalue weighted by Gasteiger charge is 2.13. The first-order chi connectivity index (χ1) is 12.7. The van der Waals surface area contributed by atoms with Crippen LogP contribution < -0.4 is 0 Å². The molecule has 0 radical (unpaired) electrons. The van der Waals surface area contributed by atoms with E-state index in [9.17, 15) is 9.50 Å². The molecule has 0 bridgehead atoms. The van der Waals surface area contributed by atoms with Crippen molar-refractivity contribution in [2.75, 3.05) is 13.1 Å². The van der Waals surface area contributed by atoms with Gasteiger partial charge >= 0.3 is 0 Å². The van der Waals surface area contributed by atoms with E-state index in [1.165, 1.54) is 50.2 Å². The van der Waals surface area contributed by atoms with E-state index in [1.807, 2.05) is 12.1 Å². The number of rotatable bonds is 4. The second-order valence-corrected chi connectivity index (χ2v) is 6.81. The van der Waals surface area contributed by atoms with Crippen molar-refractivity contribution >= 4 is 22.8 Å². The van der Waals surface area contributed by atoms with Crippen LogP contribution in [0.1, 0.15) is 30.4 Å². The van der Waals surface area contributed by atoms with Crippen LogP contribution in [0, 0.1) is 5.82 Å². The number of halogens is 1. The number of hydrogen-bond acceptors (Lipinski definition) is 3. The molecule has 0 saturated carbocycles. The maximum atomic E-state index is 14.1. The molecule has 2 N–H and O–H groups in total. The van der Waals surface area contributed by atoms with Crippen LogP contribution in [-0.2, 0) is 6.54 Å². The van der Waals surface area contributed by atoms with E-state index in [0.717, 1.165) is 12.2 Å². The number of hydrogen-bond donors (Lipinski definition) is 2. The number of H-pyrrole nitrogens is 1. The molecule has 1 aliphatic rings. The lowest BCUT2D eigenvalue weighted by molar-refractivity contribution is 0.221. The average Bonchev–Trinajstić information content (AvgIpc) is 2.98. The summed E-state index contributed by atoms with van der Waals surface area (Å²) in [5.74, 6) is -0.451. The number of aromatic hydroxyl groups is 1. The summed E-state index contributed by atoms with van der Waals surface area (Å²) in [5, 5.41) is 10.4. The third-order valence-electron chi connectivity index (χ3n) is 4.93. The molecule has 134 valence electrons. The molecule has 26 heavy (non-hydrogen) atoms. The lowest BCUT2D eigenvalue weighted by Gasteiger charge is -2.26. The highest BCUT2D eigenvalue weighted by molar-refractivity contribution is 6.02. The largest absolute Gasteiger partial charge is 0.494 e. The van der Waals surface area contributed by atoms with Crippen LogP contribution >= 0.6 is 0 Å². The van der Waals surface area contributed by atoms with E-state index in [-0.39, 0.29) is 11.7 Å². The van der Waals surface area contributed by atoms with E-state index < -0.39 is 0 Å². The average molecular weight is 351 g/mol. The molecule has 1 aliphatic heterocycles. The number of aromatic amines is 1. The molecule has 1 saturated heterocycles. The fourth-order valence-corrected chi connectivity index (χ4v) is 3.54. The highest BCUT2D eigenvalue weighted by Crippen LogP contribution is 2.28. The number of fused-ring (bicyclic) bond motifs is 1. The SMILES string of the molecule is Oc1[nH]c2cccc(F)c2c1C=Nc1ccc(CN2CCCCC2)cc1. The van der Waals surface area contributed by atoms with Crippen LogP contribution in [0.25, 0.3) is 10.9 Å². The minimum atomic E-state index is -0.377. The molecule has 0 amide bonds. The molecule has 4 rings (SSSR count). The zero-order chi connectivity index (χ0) is 17.9. The molecular weight excluding hydrogens is 329 g/mol. The molecule has 0 spiro atoms. The summed E-state index contributed by atoms with van der Waals surface area (Å²) in [6.45, 7) is 3.31. The topological polar surface area (TPSA) is 51.6 Å². The standard InChI is InChI=1S/C21H22FN3O/c22-18-5-4-6-19-20(18)17(21(26)24-19)13-23-16-9-7-15(8-10-16)14-25-11-2-1-3-12-25/h4-10,13,24,26H,1-3,11-12,14H2. The normalized spacial score (nSPS) is 15.9. The van der Waals surface area contributed by atoms with Gasteiger partial charge in [0.05, 0.1) is 16.8 Å². The van der Waals surface area contributed by atoms with Gasteiger partial charge in [0.1, 0.15) is 5.82 Å². The van der Waals surface area contributed by atoms with Gasteiger partial charge in [-0.05, 0) is 55.8 Å². The quantitative estimate of drug-likeness (QED) is 0.667. The Morgan fingerprint density at radius 2 is 1.85 bits per heavy atom. The van der Waals surface area contributed by atoms with Gasteiger partial charge in [0, 0.05) is 18.1 Å². The molecule has 0 atom stereocenters. The number of nitrogens with one attached hydrogen (secondary N) is 1. The summed E-state index contributed by atoms with van der Waals surface area (Å²) < 4.78 is 14.1. The van der Waals surface area contributed by atoms with E-state index in [1.54, 1.807) is 12.1 Å². The summed E-state index contributed by atoms with van der Waals surface area (Å²) in [6, 6.07) is 12.8. The minimum Gasteiger partial charge on any atom is -0.494 e. The van der Waals surface area contributed by atoms with Gasteiger partial charge in [0.25, 0.3) is 0 Å². The summed E-state index contributed by atoms with van der Waals surface area (Å²) in [7, 11) is 0. The van der Waals surface area contributed by atoms with E-state index >= 15 is 0 Å². The van der Waals surface area contributed by atoms with Gasteiger partial charge in [0.15, 0.2) is 5.88 Å². The number of nitrogens with zero attached hydrogens (tertiary/aromatic N) is 2. The van der Waals surface area contributed by atoms with Crippen LogP contribution in [0.3, 0.4) is 0 Å². The van der Waals surface area contributed by atoms with E-state index in [0.29, 0.717) is 16.5 Å². The second kappa shape index (κ2) is 7.30. The number of aliphatic imine (C=N–C) groups is 1. The third-order valence-corrected chi connectivity index (χ3v) is 4.93. The fraction of sp³-hybridized carbons (Fsp3) is 0.286. The summed E-state index contributed by atoms with van der Waals surface area (Å²) in [6.07, 6.45) is 5.42. The third kappa shape index (κ3) is 3.48. The Morgan fingerprint density at radius 1 is 1.08 bits per heavy atom. The predicted molar refractivity (Wildman–Crippen MR) is 103 cm³/mol. The zero-order valence-corrected chi connectivity index (χ0v) is 14.6. The Balaban J connectivity index is 1.51. The Hall–Kier alpha value is -2.66.